The number of pyridine rings is 1. The SMILES string of the molecule is CCOC(=N)c1ccc2nc(C(=O)O)cn2c1. The normalized spacial score (nSPS) is 10.4. The standard InChI is InChI=1S/C11H11N3O3/c1-2-17-10(12)7-3-4-9-13-8(11(15)16)6-14(9)5-7/h3-6,12H,2H2,1H3,(H,15,16). The van der Waals surface area contributed by atoms with Gasteiger partial charge in [0.25, 0.3) is 0 Å². The van der Waals surface area contributed by atoms with Gasteiger partial charge in [-0.3, -0.25) is 5.41 Å². The predicted molar refractivity (Wildman–Crippen MR) is 60.6 cm³/mol. The highest BCUT2D eigenvalue weighted by atomic mass is 16.5. The van der Waals surface area contributed by atoms with Crippen molar-refractivity contribution < 1.29 is 14.6 Å². The second kappa shape index (κ2) is 4.25. The Morgan fingerprint density at radius 3 is 2.94 bits per heavy atom. The molecule has 0 aliphatic heterocycles. The van der Waals surface area contributed by atoms with Crippen molar-refractivity contribution >= 4 is 17.5 Å². The lowest BCUT2D eigenvalue weighted by molar-refractivity contribution is 0.0691. The number of nitrogens with one attached hydrogen (secondary N) is 1. The van der Waals surface area contributed by atoms with Crippen LogP contribution in [0, 0.1) is 5.41 Å². The maximum atomic E-state index is 10.7. The molecule has 0 saturated heterocycles. The lowest BCUT2D eigenvalue weighted by Gasteiger charge is -2.04. The predicted octanol–water partition coefficient (Wildman–Crippen LogP) is 1.39. The minimum Gasteiger partial charge on any atom is -0.478 e. The number of carboxylic acid groups (broad SMARTS) is 1. The van der Waals surface area contributed by atoms with Gasteiger partial charge in [0.05, 0.1) is 12.2 Å². The maximum absolute atomic E-state index is 10.7. The van der Waals surface area contributed by atoms with Gasteiger partial charge in [0.15, 0.2) is 5.69 Å². The summed E-state index contributed by atoms with van der Waals surface area (Å²) in [5, 5.41) is 16.4. The fourth-order valence-electron chi connectivity index (χ4n) is 1.46. The third-order valence-corrected chi connectivity index (χ3v) is 2.22. The molecule has 2 aromatic heterocycles. The van der Waals surface area contributed by atoms with Crippen LogP contribution in [-0.2, 0) is 4.74 Å². The average molecular weight is 233 g/mol. The Hall–Kier alpha value is -2.37. The van der Waals surface area contributed by atoms with Gasteiger partial charge in [-0.05, 0) is 19.1 Å². The number of carboxylic acids is 1. The fourth-order valence-corrected chi connectivity index (χ4v) is 1.46. The highest BCUT2D eigenvalue weighted by Gasteiger charge is 2.10. The van der Waals surface area contributed by atoms with Crippen molar-refractivity contribution in [3.8, 4) is 0 Å². The molecule has 2 heterocycles. The summed E-state index contributed by atoms with van der Waals surface area (Å²) in [4.78, 5) is 14.7. The number of imidazole rings is 1. The van der Waals surface area contributed by atoms with Gasteiger partial charge in [0, 0.05) is 12.4 Å². The van der Waals surface area contributed by atoms with Gasteiger partial charge in [0.1, 0.15) is 5.65 Å². The van der Waals surface area contributed by atoms with Crippen molar-refractivity contribution in [2.45, 2.75) is 6.92 Å². The van der Waals surface area contributed by atoms with Crippen LogP contribution in [0.1, 0.15) is 23.0 Å². The van der Waals surface area contributed by atoms with Crippen molar-refractivity contribution in [1.29, 1.82) is 5.41 Å². The quantitative estimate of drug-likeness (QED) is 0.619. The number of carbonyl (C=O) groups is 1. The Kier molecular flexibility index (Phi) is 2.78. The molecule has 0 aliphatic carbocycles. The summed E-state index contributed by atoms with van der Waals surface area (Å²) in [5.74, 6) is -1.02. The van der Waals surface area contributed by atoms with Gasteiger partial charge >= 0.3 is 5.97 Å². The summed E-state index contributed by atoms with van der Waals surface area (Å²) >= 11 is 0. The van der Waals surface area contributed by atoms with Gasteiger partial charge < -0.3 is 14.2 Å². The molecule has 0 bridgehead atoms. The number of ether oxygens (including phenoxy) is 1. The zero-order chi connectivity index (χ0) is 12.4. The van der Waals surface area contributed by atoms with E-state index in [1.54, 1.807) is 29.7 Å². The number of hydrogen-bond donors (Lipinski definition) is 2. The number of nitrogens with zero attached hydrogens (tertiary/aromatic N) is 2. The zero-order valence-corrected chi connectivity index (χ0v) is 9.17. The minimum absolute atomic E-state index is 0.0231. The number of aromatic carboxylic acids is 1. The maximum Gasteiger partial charge on any atom is 0.356 e. The molecule has 0 amide bonds. The summed E-state index contributed by atoms with van der Waals surface area (Å²) in [6.07, 6.45) is 3.02. The summed E-state index contributed by atoms with van der Waals surface area (Å²) in [7, 11) is 0. The number of rotatable bonds is 3. The van der Waals surface area contributed by atoms with Crippen molar-refractivity contribution in [2.24, 2.45) is 0 Å². The molecule has 88 valence electrons. The summed E-state index contributed by atoms with van der Waals surface area (Å²) in [6, 6.07) is 3.32. The summed E-state index contributed by atoms with van der Waals surface area (Å²) in [5.41, 5.74) is 1.08. The van der Waals surface area contributed by atoms with E-state index in [9.17, 15) is 4.79 Å². The highest BCUT2D eigenvalue weighted by molar-refractivity contribution is 5.92. The fraction of sp³-hybridized carbons (Fsp3) is 0.182. The Morgan fingerprint density at radius 2 is 2.29 bits per heavy atom. The molecular weight excluding hydrogens is 222 g/mol. The Labute approximate surface area is 97.0 Å². The Morgan fingerprint density at radius 1 is 1.53 bits per heavy atom. The van der Waals surface area contributed by atoms with Crippen LogP contribution >= 0.6 is 0 Å². The number of aromatic nitrogens is 2. The van der Waals surface area contributed by atoms with Crippen LogP contribution in [-0.4, -0.2) is 33.0 Å². The monoisotopic (exact) mass is 233 g/mol. The van der Waals surface area contributed by atoms with Crippen molar-refractivity contribution in [1.82, 2.24) is 9.38 Å². The minimum atomic E-state index is -1.07. The lowest BCUT2D eigenvalue weighted by atomic mass is 10.3. The van der Waals surface area contributed by atoms with Crippen LogP contribution in [0.25, 0.3) is 5.65 Å². The molecule has 0 aromatic carbocycles. The van der Waals surface area contributed by atoms with Crippen LogP contribution in [0.5, 0.6) is 0 Å². The molecule has 2 N–H and O–H groups in total. The number of hydrogen-bond acceptors (Lipinski definition) is 4. The van der Waals surface area contributed by atoms with E-state index < -0.39 is 5.97 Å². The van der Waals surface area contributed by atoms with E-state index in [0.717, 1.165) is 0 Å². The molecule has 6 heteroatoms. The van der Waals surface area contributed by atoms with Crippen LogP contribution in [0.4, 0.5) is 0 Å². The smallest absolute Gasteiger partial charge is 0.356 e. The van der Waals surface area contributed by atoms with E-state index in [4.69, 9.17) is 15.3 Å². The van der Waals surface area contributed by atoms with E-state index in [2.05, 4.69) is 4.98 Å². The van der Waals surface area contributed by atoms with E-state index in [1.165, 1.54) is 6.20 Å². The Bertz CT molecular complexity index is 589. The third-order valence-electron chi connectivity index (χ3n) is 2.22. The Balaban J connectivity index is 2.43. The molecule has 17 heavy (non-hydrogen) atoms. The largest absolute Gasteiger partial charge is 0.478 e. The van der Waals surface area contributed by atoms with Crippen molar-refractivity contribution in [2.75, 3.05) is 6.61 Å². The van der Waals surface area contributed by atoms with E-state index in [-0.39, 0.29) is 11.6 Å². The van der Waals surface area contributed by atoms with Gasteiger partial charge in [-0.2, -0.15) is 0 Å². The molecular formula is C11H11N3O3. The second-order valence-corrected chi connectivity index (χ2v) is 3.38. The molecule has 2 aromatic rings. The van der Waals surface area contributed by atoms with E-state index in [0.29, 0.717) is 17.8 Å². The summed E-state index contributed by atoms with van der Waals surface area (Å²) < 4.78 is 6.63. The highest BCUT2D eigenvalue weighted by Crippen LogP contribution is 2.09. The molecule has 0 radical (unpaired) electrons. The summed E-state index contributed by atoms with van der Waals surface area (Å²) in [6.45, 7) is 2.22. The molecule has 0 atom stereocenters. The van der Waals surface area contributed by atoms with Gasteiger partial charge in [0.2, 0.25) is 5.90 Å². The van der Waals surface area contributed by atoms with Crippen LogP contribution in [0.3, 0.4) is 0 Å². The van der Waals surface area contributed by atoms with E-state index >= 15 is 0 Å². The van der Waals surface area contributed by atoms with Crippen LogP contribution in [0.2, 0.25) is 0 Å². The molecule has 0 unspecified atom stereocenters. The molecule has 2 rings (SSSR count). The van der Waals surface area contributed by atoms with E-state index in [1.807, 2.05) is 0 Å². The first kappa shape index (κ1) is 11.1. The van der Waals surface area contributed by atoms with Crippen LogP contribution < -0.4 is 0 Å². The average Bonchev–Trinajstić information content (AvgIpc) is 2.71. The first-order valence-corrected chi connectivity index (χ1v) is 5.05. The van der Waals surface area contributed by atoms with Gasteiger partial charge in [-0.15, -0.1) is 0 Å². The number of fused-ring (bicyclic) bond motifs is 1. The van der Waals surface area contributed by atoms with Gasteiger partial charge in [-0.25, -0.2) is 9.78 Å². The molecule has 0 aliphatic rings. The first-order valence-electron chi connectivity index (χ1n) is 5.05. The topological polar surface area (TPSA) is 87.7 Å². The molecule has 0 saturated carbocycles. The molecule has 0 fully saturated rings. The van der Waals surface area contributed by atoms with Crippen molar-refractivity contribution in [3.63, 3.8) is 0 Å². The second-order valence-electron chi connectivity index (χ2n) is 3.38. The lowest BCUT2D eigenvalue weighted by Crippen LogP contribution is -2.05. The third kappa shape index (κ3) is 2.10. The zero-order valence-electron chi connectivity index (χ0n) is 9.17. The van der Waals surface area contributed by atoms with Gasteiger partial charge in [-0.1, -0.05) is 0 Å². The van der Waals surface area contributed by atoms with Crippen LogP contribution in [0.15, 0.2) is 24.5 Å². The molecule has 6 nitrogen and oxygen atoms in total. The van der Waals surface area contributed by atoms with Crippen molar-refractivity contribution in [3.05, 3.63) is 35.8 Å². The first-order chi connectivity index (χ1) is 8.11. The molecule has 0 spiro atoms.